The maximum atomic E-state index is 4.42. The van der Waals surface area contributed by atoms with Gasteiger partial charge >= 0.3 is 0 Å². The van der Waals surface area contributed by atoms with Crippen molar-refractivity contribution in [1.82, 2.24) is 15.1 Å². The molecule has 1 heterocycles. The minimum absolute atomic E-state index is 0.690. The predicted molar refractivity (Wildman–Crippen MR) is 79.1 cm³/mol. The van der Waals surface area contributed by atoms with E-state index in [1.165, 1.54) is 11.1 Å². The van der Waals surface area contributed by atoms with Gasteiger partial charge in [0, 0.05) is 12.7 Å². The average Bonchev–Trinajstić information content (AvgIpc) is 2.75. The Labute approximate surface area is 115 Å². The number of hydrogen-bond donors (Lipinski definition) is 1. The third-order valence-corrected chi connectivity index (χ3v) is 2.99. The fourth-order valence-corrected chi connectivity index (χ4v) is 2.08. The number of nitrogens with one attached hydrogen (secondary N) is 1. The molecule has 2 rings (SSSR count). The predicted octanol–water partition coefficient (Wildman–Crippen LogP) is 2.99. The summed E-state index contributed by atoms with van der Waals surface area (Å²) in [5, 5.41) is 7.90. The molecular weight excluding hydrogens is 234 g/mol. The van der Waals surface area contributed by atoms with E-state index >= 15 is 0 Å². The Morgan fingerprint density at radius 1 is 1.21 bits per heavy atom. The van der Waals surface area contributed by atoms with Crippen LogP contribution in [0.5, 0.6) is 0 Å². The lowest BCUT2D eigenvalue weighted by Crippen LogP contribution is -2.19. The quantitative estimate of drug-likeness (QED) is 0.862. The summed E-state index contributed by atoms with van der Waals surface area (Å²) in [7, 11) is 0. The highest BCUT2D eigenvalue weighted by Gasteiger charge is 2.00. The molecule has 1 aromatic heterocycles. The number of hydrogen-bond acceptors (Lipinski definition) is 2. The number of aromatic nitrogens is 2. The molecular formula is C16H23N3. The van der Waals surface area contributed by atoms with Crippen LogP contribution in [0.1, 0.15) is 30.7 Å². The second kappa shape index (κ2) is 6.53. The molecule has 0 fully saturated rings. The third-order valence-electron chi connectivity index (χ3n) is 2.99. The lowest BCUT2D eigenvalue weighted by atomic mass is 10.1. The van der Waals surface area contributed by atoms with E-state index in [9.17, 15) is 0 Å². The SMILES string of the molecule is Cc1ccn(Cc2cccc(CNCC(C)C)c2)n1. The third kappa shape index (κ3) is 4.52. The number of nitrogens with zero attached hydrogens (tertiary/aromatic N) is 2. The highest BCUT2D eigenvalue weighted by atomic mass is 15.3. The molecule has 3 nitrogen and oxygen atoms in total. The Morgan fingerprint density at radius 3 is 2.68 bits per heavy atom. The molecule has 0 unspecified atom stereocenters. The summed E-state index contributed by atoms with van der Waals surface area (Å²) >= 11 is 0. The molecule has 2 aromatic rings. The molecule has 0 saturated heterocycles. The Balaban J connectivity index is 1.95. The fourth-order valence-electron chi connectivity index (χ4n) is 2.08. The second-order valence-electron chi connectivity index (χ2n) is 5.50. The van der Waals surface area contributed by atoms with E-state index in [2.05, 4.69) is 48.5 Å². The molecule has 3 heteroatoms. The first-order valence-electron chi connectivity index (χ1n) is 6.92. The monoisotopic (exact) mass is 257 g/mol. The second-order valence-corrected chi connectivity index (χ2v) is 5.50. The zero-order chi connectivity index (χ0) is 13.7. The van der Waals surface area contributed by atoms with Gasteiger partial charge in [-0.3, -0.25) is 4.68 Å². The molecule has 1 aromatic carbocycles. The van der Waals surface area contributed by atoms with Crippen molar-refractivity contribution in [3.05, 3.63) is 53.3 Å². The van der Waals surface area contributed by atoms with E-state index in [1.807, 2.05) is 23.9 Å². The minimum atomic E-state index is 0.690. The molecule has 0 atom stereocenters. The first-order valence-corrected chi connectivity index (χ1v) is 6.92. The smallest absolute Gasteiger partial charge is 0.0659 e. The van der Waals surface area contributed by atoms with E-state index < -0.39 is 0 Å². The molecule has 0 amide bonds. The molecule has 0 aliphatic rings. The maximum absolute atomic E-state index is 4.42. The van der Waals surface area contributed by atoms with Gasteiger partial charge in [0.1, 0.15) is 0 Å². The summed E-state index contributed by atoms with van der Waals surface area (Å²) < 4.78 is 1.98. The lowest BCUT2D eigenvalue weighted by molar-refractivity contribution is 0.552. The van der Waals surface area contributed by atoms with E-state index in [-0.39, 0.29) is 0 Å². The standard InChI is InChI=1S/C16H23N3/c1-13(2)10-17-11-15-5-4-6-16(9-15)12-19-8-7-14(3)18-19/h4-9,13,17H,10-12H2,1-3H3. The molecule has 0 aliphatic carbocycles. The van der Waals surface area contributed by atoms with Crippen LogP contribution < -0.4 is 5.32 Å². The lowest BCUT2D eigenvalue weighted by Gasteiger charge is -2.09. The van der Waals surface area contributed by atoms with Crippen molar-refractivity contribution in [3.8, 4) is 0 Å². The van der Waals surface area contributed by atoms with Crippen molar-refractivity contribution >= 4 is 0 Å². The van der Waals surface area contributed by atoms with Gasteiger partial charge < -0.3 is 5.32 Å². The van der Waals surface area contributed by atoms with Gasteiger partial charge in [-0.05, 0) is 36.6 Å². The normalized spacial score (nSPS) is 11.2. The van der Waals surface area contributed by atoms with Crippen LogP contribution in [0.15, 0.2) is 36.5 Å². The zero-order valence-corrected chi connectivity index (χ0v) is 12.1. The van der Waals surface area contributed by atoms with Gasteiger partial charge in [-0.25, -0.2) is 0 Å². The van der Waals surface area contributed by atoms with Crippen LogP contribution in [-0.2, 0) is 13.1 Å². The van der Waals surface area contributed by atoms with E-state index in [1.54, 1.807) is 0 Å². The Hall–Kier alpha value is -1.61. The Morgan fingerprint density at radius 2 is 2.00 bits per heavy atom. The molecule has 0 aliphatic heterocycles. The van der Waals surface area contributed by atoms with Crippen LogP contribution in [0.25, 0.3) is 0 Å². The van der Waals surface area contributed by atoms with Gasteiger partial charge in [-0.15, -0.1) is 0 Å². The van der Waals surface area contributed by atoms with Gasteiger partial charge in [0.15, 0.2) is 0 Å². The summed E-state index contributed by atoms with van der Waals surface area (Å²) in [6, 6.07) is 10.7. The van der Waals surface area contributed by atoms with Crippen molar-refractivity contribution in [2.24, 2.45) is 5.92 Å². The van der Waals surface area contributed by atoms with Gasteiger partial charge in [0.2, 0.25) is 0 Å². The summed E-state index contributed by atoms with van der Waals surface area (Å²) in [6.45, 7) is 9.30. The van der Waals surface area contributed by atoms with Crippen molar-refractivity contribution in [2.45, 2.75) is 33.9 Å². The van der Waals surface area contributed by atoms with Crippen LogP contribution in [0.2, 0.25) is 0 Å². The van der Waals surface area contributed by atoms with E-state index in [4.69, 9.17) is 0 Å². The number of benzene rings is 1. The molecule has 0 spiro atoms. The van der Waals surface area contributed by atoms with Crippen LogP contribution in [-0.4, -0.2) is 16.3 Å². The highest BCUT2D eigenvalue weighted by molar-refractivity contribution is 5.23. The zero-order valence-electron chi connectivity index (χ0n) is 12.1. The van der Waals surface area contributed by atoms with Crippen molar-refractivity contribution in [1.29, 1.82) is 0 Å². The van der Waals surface area contributed by atoms with E-state index in [0.717, 1.165) is 25.3 Å². The number of rotatable bonds is 6. The summed E-state index contributed by atoms with van der Waals surface area (Å²) in [4.78, 5) is 0. The molecule has 1 N–H and O–H groups in total. The van der Waals surface area contributed by atoms with Gasteiger partial charge in [0.25, 0.3) is 0 Å². The molecule has 0 radical (unpaired) electrons. The van der Waals surface area contributed by atoms with E-state index in [0.29, 0.717) is 5.92 Å². The Kier molecular flexibility index (Phi) is 4.74. The first kappa shape index (κ1) is 13.8. The van der Waals surface area contributed by atoms with Crippen LogP contribution >= 0.6 is 0 Å². The molecule has 102 valence electrons. The number of aryl methyl sites for hydroxylation is 1. The topological polar surface area (TPSA) is 29.9 Å². The van der Waals surface area contributed by atoms with Crippen molar-refractivity contribution < 1.29 is 0 Å². The molecule has 0 saturated carbocycles. The molecule has 19 heavy (non-hydrogen) atoms. The van der Waals surface area contributed by atoms with Gasteiger partial charge in [0.05, 0.1) is 12.2 Å². The van der Waals surface area contributed by atoms with Crippen molar-refractivity contribution in [3.63, 3.8) is 0 Å². The maximum Gasteiger partial charge on any atom is 0.0659 e. The summed E-state index contributed by atoms with van der Waals surface area (Å²) in [5.41, 5.74) is 3.70. The van der Waals surface area contributed by atoms with Crippen LogP contribution in [0.4, 0.5) is 0 Å². The average molecular weight is 257 g/mol. The van der Waals surface area contributed by atoms with Gasteiger partial charge in [-0.2, -0.15) is 5.10 Å². The molecule has 0 bridgehead atoms. The minimum Gasteiger partial charge on any atom is -0.312 e. The summed E-state index contributed by atoms with van der Waals surface area (Å²) in [6.07, 6.45) is 2.03. The van der Waals surface area contributed by atoms with Crippen molar-refractivity contribution in [2.75, 3.05) is 6.54 Å². The van der Waals surface area contributed by atoms with Crippen LogP contribution in [0.3, 0.4) is 0 Å². The first-order chi connectivity index (χ1) is 9.13. The highest BCUT2D eigenvalue weighted by Crippen LogP contribution is 2.07. The Bertz CT molecular complexity index is 514. The largest absolute Gasteiger partial charge is 0.312 e. The summed E-state index contributed by atoms with van der Waals surface area (Å²) in [5.74, 6) is 0.690. The van der Waals surface area contributed by atoms with Crippen LogP contribution in [0, 0.1) is 12.8 Å². The van der Waals surface area contributed by atoms with Gasteiger partial charge in [-0.1, -0.05) is 38.1 Å². The fraction of sp³-hybridized carbons (Fsp3) is 0.438.